The molecule has 2 fully saturated rings. The summed E-state index contributed by atoms with van der Waals surface area (Å²) in [6.07, 6.45) is -4.95. The summed E-state index contributed by atoms with van der Waals surface area (Å²) in [5.74, 6) is -1.54. The normalized spacial score (nSPS) is 21.3. The Morgan fingerprint density at radius 2 is 1.77 bits per heavy atom. The summed E-state index contributed by atoms with van der Waals surface area (Å²) in [7, 11) is 0.973. The summed E-state index contributed by atoms with van der Waals surface area (Å²) in [4.78, 5) is 37.1. The molecule has 9 nitrogen and oxygen atoms in total. The van der Waals surface area contributed by atoms with E-state index in [4.69, 9.17) is 11.6 Å². The number of amides is 1. The molecule has 0 saturated carbocycles. The average molecular weight is 514 g/mol. The van der Waals surface area contributed by atoms with E-state index in [1.807, 2.05) is 4.90 Å². The highest BCUT2D eigenvalue weighted by Crippen LogP contribution is 2.32. The molecule has 35 heavy (non-hydrogen) atoms. The number of esters is 1. The lowest BCUT2D eigenvalue weighted by Crippen LogP contribution is -2.54. The number of anilines is 1. The zero-order chi connectivity index (χ0) is 25.3. The maximum atomic E-state index is 13.5. The van der Waals surface area contributed by atoms with Gasteiger partial charge >= 0.3 is 12.1 Å². The van der Waals surface area contributed by atoms with Crippen LogP contribution in [0.1, 0.15) is 26.4 Å². The van der Waals surface area contributed by atoms with E-state index in [2.05, 4.69) is 14.7 Å². The van der Waals surface area contributed by atoms with Crippen molar-refractivity contribution in [3.05, 3.63) is 52.3 Å². The second-order valence-electron chi connectivity index (χ2n) is 8.30. The molecule has 2 saturated heterocycles. The van der Waals surface area contributed by atoms with Gasteiger partial charge in [-0.1, -0.05) is 11.6 Å². The van der Waals surface area contributed by atoms with Gasteiger partial charge in [-0.2, -0.15) is 13.2 Å². The number of carbonyl (C=O) groups is 2. The number of nitrogens with zero attached hydrogens (tertiary/aromatic N) is 5. The van der Waals surface area contributed by atoms with Gasteiger partial charge in [-0.05, 0) is 24.3 Å². The number of aliphatic hydroxyl groups excluding tert-OH is 1. The van der Waals surface area contributed by atoms with E-state index in [0.717, 1.165) is 13.3 Å². The number of hydrogen-bond acceptors (Lipinski definition) is 8. The molecule has 1 N–H and O–H groups in total. The molecule has 2 atom stereocenters. The molecule has 3 heterocycles. The average Bonchev–Trinajstić information content (AvgIpc) is 3.24. The van der Waals surface area contributed by atoms with E-state index in [-0.39, 0.29) is 31.0 Å². The van der Waals surface area contributed by atoms with E-state index in [0.29, 0.717) is 36.8 Å². The van der Waals surface area contributed by atoms with Gasteiger partial charge in [-0.3, -0.25) is 9.69 Å². The van der Waals surface area contributed by atoms with Gasteiger partial charge in [-0.25, -0.2) is 14.8 Å². The van der Waals surface area contributed by atoms with E-state index >= 15 is 0 Å². The predicted molar refractivity (Wildman–Crippen MR) is 119 cm³/mol. The van der Waals surface area contributed by atoms with Crippen LogP contribution < -0.4 is 4.90 Å². The first kappa shape index (κ1) is 25.1. The van der Waals surface area contributed by atoms with Crippen molar-refractivity contribution in [2.75, 3.05) is 51.3 Å². The van der Waals surface area contributed by atoms with Gasteiger partial charge in [0.25, 0.3) is 5.91 Å². The SMILES string of the molecule is COC(=O)c1cnc(N2C[C@@H](O)[C@H](N3CCN(C(=O)c4ccc(Cl)cc4)CC3)C2)nc1C(F)(F)F. The number of aliphatic hydroxyl groups is 1. The first-order chi connectivity index (χ1) is 16.6. The number of ether oxygens (including phenoxy) is 1. The van der Waals surface area contributed by atoms with Crippen molar-refractivity contribution in [3.63, 3.8) is 0 Å². The summed E-state index contributed by atoms with van der Waals surface area (Å²) in [5.41, 5.74) is -1.63. The predicted octanol–water partition coefficient (Wildman–Crippen LogP) is 1.94. The van der Waals surface area contributed by atoms with E-state index < -0.39 is 29.5 Å². The van der Waals surface area contributed by atoms with Crippen molar-refractivity contribution in [1.82, 2.24) is 19.8 Å². The summed E-state index contributed by atoms with van der Waals surface area (Å²) < 4.78 is 44.9. The number of rotatable bonds is 4. The summed E-state index contributed by atoms with van der Waals surface area (Å²) in [5, 5.41) is 11.2. The molecule has 188 valence electrons. The number of hydrogen-bond donors (Lipinski definition) is 1. The lowest BCUT2D eigenvalue weighted by Gasteiger charge is -2.38. The Balaban J connectivity index is 1.42. The number of β-amino-alcohol motifs (C(OH)–C–C–N with tert-alkyl or cyclic N) is 1. The third kappa shape index (κ3) is 5.34. The molecule has 0 spiro atoms. The van der Waals surface area contributed by atoms with Gasteiger partial charge in [0.2, 0.25) is 5.95 Å². The minimum Gasteiger partial charge on any atom is -0.465 e. The fourth-order valence-electron chi connectivity index (χ4n) is 4.32. The van der Waals surface area contributed by atoms with Gasteiger partial charge < -0.3 is 19.6 Å². The van der Waals surface area contributed by atoms with Crippen LogP contribution in [0.5, 0.6) is 0 Å². The molecule has 1 aromatic heterocycles. The molecular formula is C22H23ClF3N5O4. The Labute approximate surface area is 204 Å². The fourth-order valence-corrected chi connectivity index (χ4v) is 4.45. The topological polar surface area (TPSA) is 99.1 Å². The highest BCUT2D eigenvalue weighted by Gasteiger charge is 2.42. The smallest absolute Gasteiger partial charge is 0.434 e. The Morgan fingerprint density at radius 1 is 1.11 bits per heavy atom. The van der Waals surface area contributed by atoms with Crippen molar-refractivity contribution >= 4 is 29.4 Å². The molecular weight excluding hydrogens is 491 g/mol. The lowest BCUT2D eigenvalue weighted by atomic mass is 10.1. The Hall–Kier alpha value is -2.96. The van der Waals surface area contributed by atoms with Crippen LogP contribution in [0.3, 0.4) is 0 Å². The summed E-state index contributed by atoms with van der Waals surface area (Å²) in [6.45, 7) is 2.08. The van der Waals surface area contributed by atoms with Gasteiger partial charge in [-0.15, -0.1) is 0 Å². The van der Waals surface area contributed by atoms with Gasteiger partial charge in [0, 0.05) is 56.1 Å². The second kappa shape index (κ2) is 9.96. The minimum absolute atomic E-state index is 0.0312. The van der Waals surface area contributed by atoms with Gasteiger partial charge in [0.05, 0.1) is 19.3 Å². The molecule has 0 unspecified atom stereocenters. The second-order valence-corrected chi connectivity index (χ2v) is 8.73. The van der Waals surface area contributed by atoms with Crippen LogP contribution in [-0.4, -0.2) is 95.3 Å². The molecule has 2 aromatic rings. The van der Waals surface area contributed by atoms with Crippen LogP contribution in [-0.2, 0) is 10.9 Å². The molecule has 0 aliphatic carbocycles. The first-order valence-electron chi connectivity index (χ1n) is 10.8. The van der Waals surface area contributed by atoms with Crippen LogP contribution >= 0.6 is 11.6 Å². The van der Waals surface area contributed by atoms with Crippen LogP contribution in [0.4, 0.5) is 19.1 Å². The monoisotopic (exact) mass is 513 g/mol. The number of carbonyl (C=O) groups excluding carboxylic acids is 2. The zero-order valence-electron chi connectivity index (χ0n) is 18.7. The van der Waals surface area contributed by atoms with Crippen molar-refractivity contribution in [3.8, 4) is 0 Å². The molecule has 1 aromatic carbocycles. The standard InChI is InChI=1S/C22H23ClF3N5O4/c1-35-20(34)15-10-27-21(28-18(15)22(24,25)26)31-11-16(17(32)12-31)29-6-8-30(9-7-29)19(33)13-2-4-14(23)5-3-13/h2-5,10,16-17,32H,6-9,11-12H2,1H3/t16-,17-/m1/s1. The van der Waals surface area contributed by atoms with Crippen LogP contribution in [0.15, 0.2) is 30.5 Å². The quantitative estimate of drug-likeness (QED) is 0.619. The first-order valence-corrected chi connectivity index (χ1v) is 11.2. The van der Waals surface area contributed by atoms with Crippen molar-refractivity contribution in [1.29, 1.82) is 0 Å². The largest absolute Gasteiger partial charge is 0.465 e. The van der Waals surface area contributed by atoms with E-state index in [9.17, 15) is 27.9 Å². The molecule has 4 rings (SSSR count). The molecule has 2 aliphatic rings. The molecule has 13 heteroatoms. The number of alkyl halides is 3. The number of methoxy groups -OCH3 is 1. The Bertz CT molecular complexity index is 1090. The fraction of sp³-hybridized carbons (Fsp3) is 0.455. The molecule has 0 bridgehead atoms. The highest BCUT2D eigenvalue weighted by molar-refractivity contribution is 6.30. The van der Waals surface area contributed by atoms with Gasteiger partial charge in [0.15, 0.2) is 5.69 Å². The zero-order valence-corrected chi connectivity index (χ0v) is 19.5. The molecule has 0 radical (unpaired) electrons. The summed E-state index contributed by atoms with van der Waals surface area (Å²) >= 11 is 5.88. The highest BCUT2D eigenvalue weighted by atomic mass is 35.5. The van der Waals surface area contributed by atoms with E-state index in [1.165, 1.54) is 4.90 Å². The number of halogens is 4. The van der Waals surface area contributed by atoms with E-state index in [1.54, 1.807) is 29.2 Å². The molecule has 1 amide bonds. The van der Waals surface area contributed by atoms with Crippen LogP contribution in [0, 0.1) is 0 Å². The Kier molecular flexibility index (Phi) is 7.15. The maximum Gasteiger partial charge on any atom is 0.434 e. The van der Waals surface area contributed by atoms with Crippen molar-refractivity contribution < 1.29 is 32.6 Å². The Morgan fingerprint density at radius 3 is 2.37 bits per heavy atom. The maximum absolute atomic E-state index is 13.5. The number of benzene rings is 1. The van der Waals surface area contributed by atoms with Crippen molar-refractivity contribution in [2.45, 2.75) is 18.3 Å². The third-order valence-electron chi connectivity index (χ3n) is 6.15. The number of aromatic nitrogens is 2. The van der Waals surface area contributed by atoms with Gasteiger partial charge in [0.1, 0.15) is 5.56 Å². The number of piperazine rings is 1. The minimum atomic E-state index is -4.88. The van der Waals surface area contributed by atoms with Crippen LogP contribution in [0.25, 0.3) is 0 Å². The van der Waals surface area contributed by atoms with Crippen LogP contribution in [0.2, 0.25) is 5.02 Å². The summed E-state index contributed by atoms with van der Waals surface area (Å²) in [6, 6.07) is 6.25. The third-order valence-corrected chi connectivity index (χ3v) is 6.41. The van der Waals surface area contributed by atoms with Crippen molar-refractivity contribution in [2.24, 2.45) is 0 Å². The lowest BCUT2D eigenvalue weighted by molar-refractivity contribution is -0.141. The molecule has 2 aliphatic heterocycles.